The summed E-state index contributed by atoms with van der Waals surface area (Å²) in [6.07, 6.45) is 2.35. The number of hydrogen-bond acceptors (Lipinski definition) is 2. The number of benzene rings is 1. The van der Waals surface area contributed by atoms with Gasteiger partial charge in [0.1, 0.15) is 5.75 Å². The molecule has 1 aromatic rings. The molecule has 0 aliphatic heterocycles. The molecule has 1 aromatic carbocycles. The Morgan fingerprint density at radius 2 is 2.57 bits per heavy atom. The van der Waals surface area contributed by atoms with E-state index in [1.807, 2.05) is 0 Å². The number of aryl methyl sites for hydroxylation is 1. The molecule has 0 radical (unpaired) electrons. The summed E-state index contributed by atoms with van der Waals surface area (Å²) in [6.45, 7) is 1.83. The van der Waals surface area contributed by atoms with Crippen molar-refractivity contribution in [3.63, 3.8) is 0 Å². The Morgan fingerprint density at radius 1 is 1.79 bits per heavy atom. The highest BCUT2D eigenvalue weighted by atomic mass is 16.5. The summed E-state index contributed by atoms with van der Waals surface area (Å²) in [6, 6.07) is 3.62. The van der Waals surface area contributed by atoms with Crippen LogP contribution < -0.4 is 10.5 Å². The summed E-state index contributed by atoms with van der Waals surface area (Å²) in [4.78, 5) is 0. The molecular formula is C12H17NO. The van der Waals surface area contributed by atoms with Gasteiger partial charge in [-0.25, -0.2) is 0 Å². The predicted octanol–water partition coefficient (Wildman–Crippen LogP) is 1.92. The number of ether oxygens (including phenoxy) is 1. The number of allylic oxidation sites excluding steroid dienone is 1. The third-order valence-corrected chi connectivity index (χ3v) is 1.93. The van der Waals surface area contributed by atoms with Crippen LogP contribution in [0.3, 0.4) is 0 Å². The average Bonchev–Trinajstić information content (AvgIpc) is 2.20. The second-order valence-corrected chi connectivity index (χ2v) is 2.93. The van der Waals surface area contributed by atoms with Gasteiger partial charge in [-0.05, 0) is 36.5 Å². The highest BCUT2D eigenvalue weighted by Crippen LogP contribution is 2.21. The zero-order chi connectivity index (χ0) is 13.1. The molecule has 0 fully saturated rings. The van der Waals surface area contributed by atoms with E-state index in [0.29, 0.717) is 17.7 Å². The van der Waals surface area contributed by atoms with Crippen LogP contribution in [0.4, 0.5) is 0 Å². The maximum absolute atomic E-state index is 7.83. The lowest BCUT2D eigenvalue weighted by Gasteiger charge is -2.08. The Morgan fingerprint density at radius 3 is 3.14 bits per heavy atom. The Bertz CT molecular complexity index is 413. The molecule has 2 heteroatoms. The summed E-state index contributed by atoms with van der Waals surface area (Å²) in [5.41, 5.74) is 6.73. The summed E-state index contributed by atoms with van der Waals surface area (Å²) in [5.74, 6) is 0.639. The minimum absolute atomic E-state index is 0.00341. The zero-order valence-corrected chi connectivity index (χ0v) is 8.34. The van der Waals surface area contributed by atoms with Crippen molar-refractivity contribution in [2.24, 2.45) is 5.73 Å². The van der Waals surface area contributed by atoms with E-state index < -0.39 is 6.50 Å². The molecule has 0 bridgehead atoms. The van der Waals surface area contributed by atoms with Crippen molar-refractivity contribution in [3.8, 4) is 5.75 Å². The zero-order valence-electron chi connectivity index (χ0n) is 11.3. The van der Waals surface area contributed by atoms with Crippen LogP contribution in [0, 0.1) is 0 Å². The van der Waals surface area contributed by atoms with Gasteiger partial charge in [0.2, 0.25) is 0 Å². The molecular weight excluding hydrogens is 174 g/mol. The van der Waals surface area contributed by atoms with Crippen molar-refractivity contribution >= 4 is 0 Å². The lowest BCUT2D eigenvalue weighted by Crippen LogP contribution is -2.03. The highest BCUT2D eigenvalue weighted by Gasteiger charge is 2.02. The summed E-state index contributed by atoms with van der Waals surface area (Å²) in [7, 11) is 1.55. The van der Waals surface area contributed by atoms with Gasteiger partial charge in [0.15, 0.2) is 0 Å². The number of hydrogen-bond donors (Lipinski definition) is 1. The smallest absolute Gasteiger partial charge is 0.122 e. The van der Waals surface area contributed by atoms with Crippen molar-refractivity contribution < 1.29 is 8.85 Å². The standard InChI is InChI=1S/C12H17NO/c1-3-4-11-6-5-10(7-8-13)9-12(11)14-2/h3,5-6,9H,1,4,7-8,13H2,2H3/i5D,8D2. The SMILES string of the molecule is [2H]c1cc(CC=C)c(OC)cc1CC([2H])([2H])N. The second kappa shape index (κ2) is 5.45. The predicted molar refractivity (Wildman–Crippen MR) is 59.7 cm³/mol. The molecule has 0 unspecified atom stereocenters. The molecule has 0 amide bonds. The molecule has 0 heterocycles. The van der Waals surface area contributed by atoms with Gasteiger partial charge in [0.05, 0.1) is 8.48 Å². The molecule has 0 saturated carbocycles. The fourth-order valence-corrected chi connectivity index (χ4v) is 1.26. The molecule has 0 aliphatic carbocycles. The lowest BCUT2D eigenvalue weighted by molar-refractivity contribution is 0.410. The van der Waals surface area contributed by atoms with Crippen molar-refractivity contribution in [1.29, 1.82) is 0 Å². The van der Waals surface area contributed by atoms with Crippen LogP contribution in [0.15, 0.2) is 30.8 Å². The second-order valence-electron chi connectivity index (χ2n) is 2.93. The van der Waals surface area contributed by atoms with Crippen molar-refractivity contribution in [2.75, 3.05) is 13.6 Å². The summed E-state index contributed by atoms with van der Waals surface area (Å²) < 4.78 is 27.7. The molecule has 1 rings (SSSR count). The first kappa shape index (κ1) is 7.07. The largest absolute Gasteiger partial charge is 0.496 e. The Labute approximate surface area is 89.6 Å². The van der Waals surface area contributed by atoms with Crippen LogP contribution in [-0.2, 0) is 12.8 Å². The minimum Gasteiger partial charge on any atom is -0.496 e. The Kier molecular flexibility index (Phi) is 2.75. The molecule has 0 aromatic heterocycles. The molecule has 14 heavy (non-hydrogen) atoms. The lowest BCUT2D eigenvalue weighted by atomic mass is 10.1. The average molecular weight is 194 g/mol. The van der Waals surface area contributed by atoms with Gasteiger partial charge in [-0.15, -0.1) is 6.58 Å². The molecule has 2 N–H and O–H groups in total. The summed E-state index contributed by atoms with van der Waals surface area (Å²) >= 11 is 0. The molecule has 2 nitrogen and oxygen atoms in total. The van der Waals surface area contributed by atoms with E-state index >= 15 is 0 Å². The fraction of sp³-hybridized carbons (Fsp3) is 0.333. The van der Waals surface area contributed by atoms with Gasteiger partial charge in [-0.1, -0.05) is 18.2 Å². The molecule has 0 spiro atoms. The van der Waals surface area contributed by atoms with Crippen LogP contribution >= 0.6 is 0 Å². The van der Waals surface area contributed by atoms with Crippen LogP contribution in [0.25, 0.3) is 0 Å². The van der Waals surface area contributed by atoms with Gasteiger partial charge < -0.3 is 10.5 Å². The molecule has 76 valence electrons. The first-order valence-electron chi connectivity index (χ1n) is 5.93. The van der Waals surface area contributed by atoms with Gasteiger partial charge in [-0.2, -0.15) is 0 Å². The van der Waals surface area contributed by atoms with E-state index in [9.17, 15) is 0 Å². The first-order chi connectivity index (χ1) is 7.87. The Hall–Kier alpha value is -1.28. The van der Waals surface area contributed by atoms with E-state index in [1.54, 1.807) is 25.3 Å². The Balaban J connectivity index is 3.13. The van der Waals surface area contributed by atoms with E-state index in [2.05, 4.69) is 6.58 Å². The minimum atomic E-state index is -1.82. The number of rotatable bonds is 5. The third kappa shape index (κ3) is 2.60. The van der Waals surface area contributed by atoms with E-state index in [1.165, 1.54) is 0 Å². The quantitative estimate of drug-likeness (QED) is 0.727. The number of methoxy groups -OCH3 is 1. The monoisotopic (exact) mass is 194 g/mol. The van der Waals surface area contributed by atoms with Gasteiger partial charge in [0.25, 0.3) is 0 Å². The first-order valence-corrected chi connectivity index (χ1v) is 4.43. The molecule has 0 saturated heterocycles. The maximum atomic E-state index is 7.83. The summed E-state index contributed by atoms with van der Waals surface area (Å²) in [5, 5.41) is 0. The normalized spacial score (nSPS) is 14.0. The topological polar surface area (TPSA) is 35.2 Å². The van der Waals surface area contributed by atoms with Gasteiger partial charge >= 0.3 is 0 Å². The van der Waals surface area contributed by atoms with Gasteiger partial charge in [-0.3, -0.25) is 0 Å². The number of nitrogens with two attached hydrogens (primary N) is 1. The van der Waals surface area contributed by atoms with E-state index in [4.69, 9.17) is 14.6 Å². The molecule has 0 atom stereocenters. The van der Waals surface area contributed by atoms with Gasteiger partial charge in [0, 0.05) is 2.74 Å². The highest BCUT2D eigenvalue weighted by molar-refractivity contribution is 5.38. The van der Waals surface area contributed by atoms with Crippen LogP contribution in [0.5, 0.6) is 5.75 Å². The van der Waals surface area contributed by atoms with Crippen molar-refractivity contribution in [2.45, 2.75) is 12.8 Å². The fourth-order valence-electron chi connectivity index (χ4n) is 1.26. The third-order valence-electron chi connectivity index (χ3n) is 1.93. The van der Waals surface area contributed by atoms with Crippen LogP contribution in [0.2, 0.25) is 0 Å². The molecule has 0 aliphatic rings. The van der Waals surface area contributed by atoms with E-state index in [0.717, 1.165) is 5.56 Å². The van der Waals surface area contributed by atoms with E-state index in [-0.39, 0.29) is 12.5 Å². The maximum Gasteiger partial charge on any atom is 0.122 e. The van der Waals surface area contributed by atoms with Crippen LogP contribution in [0.1, 0.15) is 15.2 Å². The van der Waals surface area contributed by atoms with Crippen molar-refractivity contribution in [1.82, 2.24) is 0 Å². The van der Waals surface area contributed by atoms with Crippen LogP contribution in [-0.4, -0.2) is 13.6 Å². The van der Waals surface area contributed by atoms with Crippen molar-refractivity contribution in [3.05, 3.63) is 42.0 Å².